The Balaban J connectivity index is 1.97. The lowest BCUT2D eigenvalue weighted by Gasteiger charge is -2.13. The minimum atomic E-state index is -0.172. The van der Waals surface area contributed by atoms with E-state index >= 15 is 0 Å². The predicted octanol–water partition coefficient (Wildman–Crippen LogP) is 2.52. The Bertz CT molecular complexity index is 865. The molecular weight excluding hydrogens is 322 g/mol. The highest BCUT2D eigenvalue weighted by Crippen LogP contribution is 2.38. The Kier molecular flexibility index (Phi) is 4.65. The number of benzene rings is 1. The van der Waals surface area contributed by atoms with Gasteiger partial charge in [-0.3, -0.25) is 9.36 Å². The van der Waals surface area contributed by atoms with Crippen LogP contribution in [-0.2, 0) is 0 Å². The number of methoxy groups -OCH3 is 3. The molecule has 3 rings (SSSR count). The summed E-state index contributed by atoms with van der Waals surface area (Å²) in [7, 11) is 4.53. The highest BCUT2D eigenvalue weighted by molar-refractivity contribution is 6.09. The summed E-state index contributed by atoms with van der Waals surface area (Å²) < 4.78 is 17.6. The van der Waals surface area contributed by atoms with E-state index < -0.39 is 0 Å². The number of carbonyl (C=O) groups is 1. The lowest BCUT2D eigenvalue weighted by atomic mass is 10.0. The largest absolute Gasteiger partial charge is 0.493 e. The van der Waals surface area contributed by atoms with Crippen LogP contribution in [0, 0.1) is 0 Å². The zero-order chi connectivity index (χ0) is 17.8. The van der Waals surface area contributed by atoms with Crippen LogP contribution in [0.4, 0.5) is 0 Å². The van der Waals surface area contributed by atoms with Gasteiger partial charge in [-0.2, -0.15) is 0 Å². The molecule has 0 unspecified atom stereocenters. The first-order valence-corrected chi connectivity index (χ1v) is 7.48. The number of hydrogen-bond acceptors (Lipinski definition) is 6. The first kappa shape index (κ1) is 16.5. The molecule has 0 N–H and O–H groups in total. The van der Waals surface area contributed by atoms with Crippen molar-refractivity contribution in [1.29, 1.82) is 0 Å². The molecule has 7 heteroatoms. The van der Waals surface area contributed by atoms with Crippen LogP contribution in [0.15, 0.2) is 49.1 Å². The van der Waals surface area contributed by atoms with E-state index in [-0.39, 0.29) is 5.78 Å². The van der Waals surface area contributed by atoms with Crippen LogP contribution in [0.3, 0.4) is 0 Å². The van der Waals surface area contributed by atoms with Crippen molar-refractivity contribution in [2.45, 2.75) is 0 Å². The quantitative estimate of drug-likeness (QED) is 0.643. The van der Waals surface area contributed by atoms with E-state index in [2.05, 4.69) is 9.97 Å². The summed E-state index contributed by atoms with van der Waals surface area (Å²) in [5.41, 5.74) is 0.933. The molecule has 0 radical (unpaired) electrons. The van der Waals surface area contributed by atoms with E-state index in [0.717, 1.165) is 0 Å². The van der Waals surface area contributed by atoms with Crippen LogP contribution in [0.5, 0.6) is 17.2 Å². The molecule has 0 aliphatic carbocycles. The number of carbonyl (C=O) groups excluding carboxylic acids is 1. The Hall–Kier alpha value is -3.35. The molecule has 0 aliphatic rings. The third-order valence-electron chi connectivity index (χ3n) is 3.67. The van der Waals surface area contributed by atoms with Gasteiger partial charge in [0.05, 0.1) is 21.3 Å². The molecule has 3 aromatic rings. The van der Waals surface area contributed by atoms with E-state index in [1.165, 1.54) is 21.3 Å². The molecule has 0 aliphatic heterocycles. The summed E-state index contributed by atoms with van der Waals surface area (Å²) in [6, 6.07) is 6.69. The van der Waals surface area contributed by atoms with Crippen molar-refractivity contribution in [2.75, 3.05) is 21.3 Å². The summed E-state index contributed by atoms with van der Waals surface area (Å²) in [5, 5.41) is 0. The minimum Gasteiger partial charge on any atom is -0.493 e. The number of nitrogens with zero attached hydrogens (tertiary/aromatic N) is 3. The maximum atomic E-state index is 12.8. The van der Waals surface area contributed by atoms with Gasteiger partial charge in [0.2, 0.25) is 11.7 Å². The Morgan fingerprint density at radius 2 is 1.60 bits per heavy atom. The molecule has 0 spiro atoms. The summed E-state index contributed by atoms with van der Waals surface area (Å²) in [4.78, 5) is 21.1. The average molecular weight is 339 g/mol. The normalized spacial score (nSPS) is 10.4. The maximum absolute atomic E-state index is 12.8. The van der Waals surface area contributed by atoms with Crippen molar-refractivity contribution in [3.8, 4) is 23.2 Å². The Labute approximate surface area is 144 Å². The van der Waals surface area contributed by atoms with Crippen LogP contribution in [0.1, 0.15) is 15.9 Å². The minimum absolute atomic E-state index is 0.172. The van der Waals surface area contributed by atoms with Crippen molar-refractivity contribution in [3.05, 3.63) is 60.2 Å². The second-order valence-electron chi connectivity index (χ2n) is 5.10. The van der Waals surface area contributed by atoms with Crippen LogP contribution in [-0.4, -0.2) is 41.6 Å². The Morgan fingerprint density at radius 1 is 0.960 bits per heavy atom. The van der Waals surface area contributed by atoms with Crippen molar-refractivity contribution in [3.63, 3.8) is 0 Å². The molecule has 0 bridgehead atoms. The second kappa shape index (κ2) is 7.04. The lowest BCUT2D eigenvalue weighted by Crippen LogP contribution is -2.04. The number of ketones is 1. The molecule has 0 amide bonds. The van der Waals surface area contributed by atoms with E-state index in [0.29, 0.717) is 34.3 Å². The molecule has 1 aromatic carbocycles. The van der Waals surface area contributed by atoms with E-state index in [1.54, 1.807) is 53.6 Å². The number of hydrogen-bond donors (Lipinski definition) is 0. The molecular formula is C18H17N3O4. The molecule has 0 saturated carbocycles. The Morgan fingerprint density at radius 3 is 2.16 bits per heavy atom. The van der Waals surface area contributed by atoms with Crippen molar-refractivity contribution >= 4 is 5.78 Å². The summed E-state index contributed by atoms with van der Waals surface area (Å²) in [6.07, 6.45) is 6.70. The molecule has 2 heterocycles. The zero-order valence-corrected chi connectivity index (χ0v) is 14.1. The van der Waals surface area contributed by atoms with Crippen LogP contribution >= 0.6 is 0 Å². The fourth-order valence-electron chi connectivity index (χ4n) is 2.46. The fraction of sp³-hybridized carbons (Fsp3) is 0.167. The van der Waals surface area contributed by atoms with E-state index in [4.69, 9.17) is 14.2 Å². The zero-order valence-electron chi connectivity index (χ0n) is 14.1. The van der Waals surface area contributed by atoms with E-state index in [9.17, 15) is 4.79 Å². The molecule has 2 aromatic heterocycles. The monoisotopic (exact) mass is 339 g/mol. The average Bonchev–Trinajstić information content (AvgIpc) is 3.17. The molecule has 0 atom stereocenters. The fourth-order valence-corrected chi connectivity index (χ4v) is 2.46. The molecule has 0 saturated heterocycles. The first-order valence-electron chi connectivity index (χ1n) is 7.48. The molecule has 25 heavy (non-hydrogen) atoms. The maximum Gasteiger partial charge on any atom is 0.233 e. The van der Waals surface area contributed by atoms with E-state index in [1.807, 2.05) is 0 Å². The van der Waals surface area contributed by atoms with Gasteiger partial charge in [-0.15, -0.1) is 0 Å². The molecule has 7 nitrogen and oxygen atoms in total. The number of rotatable bonds is 6. The van der Waals surface area contributed by atoms with Crippen LogP contribution in [0.25, 0.3) is 5.95 Å². The van der Waals surface area contributed by atoms with Crippen molar-refractivity contribution < 1.29 is 19.0 Å². The second-order valence-corrected chi connectivity index (χ2v) is 5.10. The third kappa shape index (κ3) is 3.16. The highest BCUT2D eigenvalue weighted by atomic mass is 16.5. The predicted molar refractivity (Wildman–Crippen MR) is 90.9 cm³/mol. The van der Waals surface area contributed by atoms with Gasteiger partial charge in [0, 0.05) is 35.9 Å². The van der Waals surface area contributed by atoms with Gasteiger partial charge >= 0.3 is 0 Å². The van der Waals surface area contributed by atoms with Gasteiger partial charge in [-0.25, -0.2) is 9.97 Å². The van der Waals surface area contributed by atoms with Crippen LogP contribution < -0.4 is 14.2 Å². The van der Waals surface area contributed by atoms with Gasteiger partial charge < -0.3 is 14.2 Å². The van der Waals surface area contributed by atoms with Gasteiger partial charge in [0.1, 0.15) is 0 Å². The molecule has 128 valence electrons. The first-order chi connectivity index (χ1) is 12.2. The van der Waals surface area contributed by atoms with Gasteiger partial charge in [-0.1, -0.05) is 0 Å². The third-order valence-corrected chi connectivity index (χ3v) is 3.67. The smallest absolute Gasteiger partial charge is 0.233 e. The summed E-state index contributed by atoms with van der Waals surface area (Å²) >= 11 is 0. The van der Waals surface area contributed by atoms with Crippen molar-refractivity contribution in [2.24, 2.45) is 0 Å². The number of ether oxygens (including phenoxy) is 3. The van der Waals surface area contributed by atoms with Gasteiger partial charge in [0.15, 0.2) is 17.3 Å². The summed E-state index contributed by atoms with van der Waals surface area (Å²) in [6.45, 7) is 0. The lowest BCUT2D eigenvalue weighted by molar-refractivity contribution is 0.103. The SMILES string of the molecule is COc1cc(C(=O)c2ccn(-c3ncccn3)c2)cc(OC)c1OC. The number of aromatic nitrogens is 3. The van der Waals surface area contributed by atoms with Gasteiger partial charge in [0.25, 0.3) is 0 Å². The highest BCUT2D eigenvalue weighted by Gasteiger charge is 2.19. The van der Waals surface area contributed by atoms with Crippen LogP contribution in [0.2, 0.25) is 0 Å². The topological polar surface area (TPSA) is 75.5 Å². The van der Waals surface area contributed by atoms with Crippen molar-refractivity contribution in [1.82, 2.24) is 14.5 Å². The molecule has 0 fully saturated rings. The standard InChI is InChI=1S/C18H17N3O4/c1-23-14-9-13(10-15(24-2)17(14)25-3)16(22)12-5-8-21(11-12)18-19-6-4-7-20-18/h4-11H,1-3H3. The van der Waals surface area contributed by atoms with Gasteiger partial charge in [-0.05, 0) is 24.3 Å². The summed E-state index contributed by atoms with van der Waals surface area (Å²) in [5.74, 6) is 1.62.